The van der Waals surface area contributed by atoms with Crippen LogP contribution in [-0.4, -0.2) is 15.7 Å². The van der Waals surface area contributed by atoms with Crippen molar-refractivity contribution in [3.63, 3.8) is 0 Å². The summed E-state index contributed by atoms with van der Waals surface area (Å²) in [5, 5.41) is 7.82. The Morgan fingerprint density at radius 3 is 2.16 bits per heavy atom. The van der Waals surface area contributed by atoms with Crippen molar-refractivity contribution in [2.45, 2.75) is 32.7 Å². The van der Waals surface area contributed by atoms with Crippen LogP contribution in [0.5, 0.6) is 0 Å². The highest BCUT2D eigenvalue weighted by molar-refractivity contribution is 6.03. The molecule has 1 aromatic heterocycles. The molecular weight excluding hydrogens is 382 g/mol. The van der Waals surface area contributed by atoms with Gasteiger partial charge in [0, 0.05) is 11.1 Å². The minimum Gasteiger partial charge on any atom is -0.321 e. The topological polar surface area (TPSA) is 46.9 Å². The summed E-state index contributed by atoms with van der Waals surface area (Å²) in [5.74, 6) is -0.163. The maximum atomic E-state index is 13.2. The maximum Gasteiger partial charge on any atom is 0.273 e. The van der Waals surface area contributed by atoms with Gasteiger partial charge in [-0.2, -0.15) is 5.10 Å². The number of carbonyl (C=O) groups excluding carboxylic acids is 1. The average Bonchev–Trinajstić information content (AvgIpc) is 3.20. The molecule has 0 atom stereocenters. The normalized spacial score (nSPS) is 11.3. The predicted octanol–water partition coefficient (Wildman–Crippen LogP) is 6.15. The third-order valence-corrected chi connectivity index (χ3v) is 5.18. The highest BCUT2D eigenvalue weighted by atomic mass is 16.2. The predicted molar refractivity (Wildman–Crippen MR) is 126 cm³/mol. The van der Waals surface area contributed by atoms with Gasteiger partial charge in [-0.15, -0.1) is 0 Å². The standard InChI is InChI=1S/C27H27N3O/c1-27(2,3)25-18-24(30(29-25)19-20-11-6-4-7-12-20)26(31)28-23-16-10-15-22(17-23)21-13-8-5-9-14-21/h4-18H,19H2,1-3H3,(H,28,31). The number of nitrogens with one attached hydrogen (secondary N) is 1. The number of aromatic nitrogens is 2. The van der Waals surface area contributed by atoms with Crippen LogP contribution in [0.4, 0.5) is 5.69 Å². The molecule has 3 aromatic carbocycles. The molecule has 0 aliphatic heterocycles. The molecule has 4 aromatic rings. The zero-order chi connectivity index (χ0) is 21.8. The minimum atomic E-state index is -0.163. The summed E-state index contributed by atoms with van der Waals surface area (Å²) in [4.78, 5) is 13.2. The molecule has 1 heterocycles. The Kier molecular flexibility index (Phi) is 5.72. The van der Waals surface area contributed by atoms with Gasteiger partial charge >= 0.3 is 0 Å². The van der Waals surface area contributed by atoms with Crippen LogP contribution in [0.3, 0.4) is 0 Å². The second-order valence-electron chi connectivity index (χ2n) is 8.71. The smallest absolute Gasteiger partial charge is 0.273 e. The van der Waals surface area contributed by atoms with Crippen molar-refractivity contribution in [1.82, 2.24) is 9.78 Å². The average molecular weight is 410 g/mol. The number of hydrogen-bond acceptors (Lipinski definition) is 2. The third kappa shape index (κ3) is 4.92. The Labute approximate surface area is 183 Å². The number of amides is 1. The molecule has 0 bridgehead atoms. The van der Waals surface area contributed by atoms with Crippen LogP contribution < -0.4 is 5.32 Å². The maximum absolute atomic E-state index is 13.2. The number of rotatable bonds is 5. The monoisotopic (exact) mass is 409 g/mol. The van der Waals surface area contributed by atoms with Gasteiger partial charge in [-0.05, 0) is 34.9 Å². The summed E-state index contributed by atoms with van der Waals surface area (Å²) >= 11 is 0. The van der Waals surface area contributed by atoms with Gasteiger partial charge < -0.3 is 5.32 Å². The Bertz CT molecular complexity index is 1170. The van der Waals surface area contributed by atoms with E-state index in [4.69, 9.17) is 5.10 Å². The zero-order valence-corrected chi connectivity index (χ0v) is 18.2. The van der Waals surface area contributed by atoms with E-state index in [1.54, 1.807) is 4.68 Å². The molecule has 4 heteroatoms. The lowest BCUT2D eigenvalue weighted by molar-refractivity contribution is 0.101. The molecule has 0 unspecified atom stereocenters. The van der Waals surface area contributed by atoms with Crippen LogP contribution in [-0.2, 0) is 12.0 Å². The highest BCUT2D eigenvalue weighted by Crippen LogP contribution is 2.25. The second kappa shape index (κ2) is 8.60. The lowest BCUT2D eigenvalue weighted by atomic mass is 9.92. The van der Waals surface area contributed by atoms with E-state index in [-0.39, 0.29) is 11.3 Å². The molecule has 1 amide bonds. The van der Waals surface area contributed by atoms with Gasteiger partial charge in [-0.1, -0.05) is 93.6 Å². The molecule has 4 rings (SSSR count). The van der Waals surface area contributed by atoms with Crippen molar-refractivity contribution in [3.8, 4) is 11.1 Å². The Morgan fingerprint density at radius 2 is 1.48 bits per heavy atom. The number of carbonyl (C=O) groups is 1. The van der Waals surface area contributed by atoms with Crippen LogP contribution in [0.15, 0.2) is 91.0 Å². The fourth-order valence-electron chi connectivity index (χ4n) is 3.45. The van der Waals surface area contributed by atoms with Gasteiger partial charge in [-0.3, -0.25) is 9.48 Å². The summed E-state index contributed by atoms with van der Waals surface area (Å²) in [5.41, 5.74) is 5.34. The van der Waals surface area contributed by atoms with Crippen LogP contribution in [0, 0.1) is 0 Å². The first kappa shape index (κ1) is 20.6. The summed E-state index contributed by atoms with van der Waals surface area (Å²) in [6, 6.07) is 30.0. The van der Waals surface area contributed by atoms with E-state index in [1.807, 2.05) is 78.9 Å². The van der Waals surface area contributed by atoms with Crippen LogP contribution in [0.25, 0.3) is 11.1 Å². The first-order valence-corrected chi connectivity index (χ1v) is 10.5. The van der Waals surface area contributed by atoms with E-state index >= 15 is 0 Å². The number of nitrogens with zero attached hydrogens (tertiary/aromatic N) is 2. The molecular formula is C27H27N3O. The highest BCUT2D eigenvalue weighted by Gasteiger charge is 2.23. The Balaban J connectivity index is 1.63. The number of benzene rings is 3. The van der Waals surface area contributed by atoms with E-state index in [0.717, 1.165) is 28.1 Å². The summed E-state index contributed by atoms with van der Waals surface area (Å²) in [6.07, 6.45) is 0. The van der Waals surface area contributed by atoms with Gasteiger partial charge in [0.15, 0.2) is 0 Å². The largest absolute Gasteiger partial charge is 0.321 e. The minimum absolute atomic E-state index is 0.149. The lowest BCUT2D eigenvalue weighted by Gasteiger charge is -2.14. The fourth-order valence-corrected chi connectivity index (χ4v) is 3.45. The van der Waals surface area contributed by atoms with E-state index in [2.05, 4.69) is 38.2 Å². The SMILES string of the molecule is CC(C)(C)c1cc(C(=O)Nc2cccc(-c3ccccc3)c2)n(Cc2ccccc2)n1. The van der Waals surface area contributed by atoms with Crippen molar-refractivity contribution in [2.24, 2.45) is 0 Å². The number of hydrogen-bond donors (Lipinski definition) is 1. The molecule has 4 nitrogen and oxygen atoms in total. The first-order valence-electron chi connectivity index (χ1n) is 10.5. The molecule has 1 N–H and O–H groups in total. The van der Waals surface area contributed by atoms with Gasteiger partial charge in [0.2, 0.25) is 0 Å². The molecule has 0 saturated heterocycles. The third-order valence-electron chi connectivity index (χ3n) is 5.18. The first-order chi connectivity index (χ1) is 14.9. The lowest BCUT2D eigenvalue weighted by Crippen LogP contribution is -2.18. The Hall–Kier alpha value is -3.66. The van der Waals surface area contributed by atoms with Crippen LogP contribution in [0.1, 0.15) is 42.5 Å². The number of anilines is 1. The quantitative estimate of drug-likeness (QED) is 0.430. The second-order valence-corrected chi connectivity index (χ2v) is 8.71. The van der Waals surface area contributed by atoms with Crippen molar-refractivity contribution in [3.05, 3.63) is 108 Å². The molecule has 0 fully saturated rings. The molecule has 156 valence electrons. The molecule has 0 radical (unpaired) electrons. The fraction of sp³-hybridized carbons (Fsp3) is 0.185. The van der Waals surface area contributed by atoms with Crippen molar-refractivity contribution in [2.75, 3.05) is 5.32 Å². The summed E-state index contributed by atoms with van der Waals surface area (Å²) in [6.45, 7) is 6.86. The van der Waals surface area contributed by atoms with Crippen LogP contribution >= 0.6 is 0 Å². The van der Waals surface area contributed by atoms with E-state index in [9.17, 15) is 4.79 Å². The van der Waals surface area contributed by atoms with Gasteiger partial charge in [0.25, 0.3) is 5.91 Å². The van der Waals surface area contributed by atoms with E-state index < -0.39 is 0 Å². The van der Waals surface area contributed by atoms with Crippen molar-refractivity contribution in [1.29, 1.82) is 0 Å². The summed E-state index contributed by atoms with van der Waals surface area (Å²) < 4.78 is 1.80. The van der Waals surface area contributed by atoms with Crippen molar-refractivity contribution >= 4 is 11.6 Å². The van der Waals surface area contributed by atoms with Gasteiger partial charge in [0.1, 0.15) is 5.69 Å². The Morgan fingerprint density at radius 1 is 0.839 bits per heavy atom. The molecule has 0 aliphatic rings. The van der Waals surface area contributed by atoms with Crippen molar-refractivity contribution < 1.29 is 4.79 Å². The molecule has 0 saturated carbocycles. The van der Waals surface area contributed by atoms with E-state index in [1.165, 1.54) is 0 Å². The molecule has 0 spiro atoms. The zero-order valence-electron chi connectivity index (χ0n) is 18.2. The molecule has 31 heavy (non-hydrogen) atoms. The summed E-state index contributed by atoms with van der Waals surface area (Å²) in [7, 11) is 0. The van der Waals surface area contributed by atoms with E-state index in [0.29, 0.717) is 12.2 Å². The van der Waals surface area contributed by atoms with Crippen LogP contribution in [0.2, 0.25) is 0 Å². The molecule has 0 aliphatic carbocycles. The van der Waals surface area contributed by atoms with Gasteiger partial charge in [-0.25, -0.2) is 0 Å². The van der Waals surface area contributed by atoms with Gasteiger partial charge in [0.05, 0.1) is 12.2 Å².